The van der Waals surface area contributed by atoms with E-state index in [-0.39, 0.29) is 0 Å². The minimum atomic E-state index is -2.16. The molecular formula is C8H8Cl2O2. The van der Waals surface area contributed by atoms with Crippen LogP contribution in [0.15, 0.2) is 24.3 Å². The largest absolute Gasteiger partial charge is 0.436 e. The topological polar surface area (TPSA) is 29.5 Å². The lowest BCUT2D eigenvalue weighted by Gasteiger charge is -2.15. The van der Waals surface area contributed by atoms with Crippen molar-refractivity contribution in [3.63, 3.8) is 0 Å². The van der Waals surface area contributed by atoms with E-state index in [2.05, 4.69) is 0 Å². The zero-order valence-corrected chi connectivity index (χ0v) is 7.93. The fraction of sp³-hybridized carbons (Fsp3) is 0.250. The Balaban J connectivity index is 2.83. The van der Waals surface area contributed by atoms with Crippen LogP contribution in [0.2, 0.25) is 0 Å². The van der Waals surface area contributed by atoms with Crippen molar-refractivity contribution < 1.29 is 9.84 Å². The summed E-state index contributed by atoms with van der Waals surface area (Å²) in [5.41, 5.74) is 0.859. The lowest BCUT2D eigenvalue weighted by atomic mass is 10.2. The van der Waals surface area contributed by atoms with Crippen LogP contribution < -0.4 is 4.74 Å². The molecule has 0 aromatic heterocycles. The molecule has 66 valence electrons. The van der Waals surface area contributed by atoms with E-state index < -0.39 is 4.71 Å². The smallest absolute Gasteiger partial charge is 0.372 e. The molecule has 0 saturated heterocycles. The molecule has 0 amide bonds. The molecule has 1 N–H and O–H groups in total. The van der Waals surface area contributed by atoms with Gasteiger partial charge in [-0.25, -0.2) is 0 Å². The second-order valence-electron chi connectivity index (χ2n) is 2.35. The molecule has 0 aliphatic rings. The van der Waals surface area contributed by atoms with Gasteiger partial charge in [0, 0.05) is 0 Å². The molecule has 0 unspecified atom stereocenters. The van der Waals surface area contributed by atoms with Gasteiger partial charge in [-0.15, -0.1) is 0 Å². The summed E-state index contributed by atoms with van der Waals surface area (Å²) in [7, 11) is 0. The molecule has 0 heterocycles. The highest BCUT2D eigenvalue weighted by Gasteiger charge is 2.21. The van der Waals surface area contributed by atoms with Gasteiger partial charge in [0.1, 0.15) is 5.75 Å². The number of hydrogen-bond donors (Lipinski definition) is 1. The first-order valence-electron chi connectivity index (χ1n) is 3.34. The van der Waals surface area contributed by atoms with Crippen molar-refractivity contribution in [2.45, 2.75) is 11.6 Å². The highest BCUT2D eigenvalue weighted by Crippen LogP contribution is 2.25. The first kappa shape index (κ1) is 9.65. The van der Waals surface area contributed by atoms with Crippen molar-refractivity contribution in [2.24, 2.45) is 0 Å². The van der Waals surface area contributed by atoms with Crippen molar-refractivity contribution in [1.29, 1.82) is 0 Å². The summed E-state index contributed by atoms with van der Waals surface area (Å²) in [5, 5.41) is 8.90. The molecule has 0 bridgehead atoms. The van der Waals surface area contributed by atoms with E-state index in [0.29, 0.717) is 5.75 Å². The molecule has 1 aromatic carbocycles. The summed E-state index contributed by atoms with van der Waals surface area (Å²) in [4.78, 5) is 0. The molecule has 1 aromatic rings. The molecule has 0 aliphatic carbocycles. The van der Waals surface area contributed by atoms with E-state index in [1.54, 1.807) is 12.1 Å². The van der Waals surface area contributed by atoms with Crippen LogP contribution in [0.5, 0.6) is 5.75 Å². The quantitative estimate of drug-likeness (QED) is 0.596. The number of hydrogen-bond acceptors (Lipinski definition) is 2. The number of halogens is 2. The molecule has 0 saturated carbocycles. The maximum Gasteiger partial charge on any atom is 0.372 e. The van der Waals surface area contributed by atoms with Gasteiger partial charge in [0.05, 0.1) is 0 Å². The molecule has 0 radical (unpaired) electrons. The molecule has 12 heavy (non-hydrogen) atoms. The zero-order valence-electron chi connectivity index (χ0n) is 6.42. The fourth-order valence-corrected chi connectivity index (χ4v) is 0.969. The first-order chi connectivity index (χ1) is 5.49. The molecule has 1 rings (SSSR count). The SMILES string of the molecule is Cc1ccccc1OC(O)(Cl)Cl. The molecule has 0 spiro atoms. The van der Waals surface area contributed by atoms with Crippen LogP contribution in [-0.4, -0.2) is 9.81 Å². The third kappa shape index (κ3) is 2.89. The van der Waals surface area contributed by atoms with E-state index in [4.69, 9.17) is 33.0 Å². The van der Waals surface area contributed by atoms with Crippen LogP contribution in [0.25, 0.3) is 0 Å². The standard InChI is InChI=1S/C8H8Cl2O2/c1-6-4-2-3-5-7(6)12-8(9,10)11/h2-5,11H,1H3. The Hall–Kier alpha value is -0.440. The van der Waals surface area contributed by atoms with E-state index in [1.807, 2.05) is 19.1 Å². The van der Waals surface area contributed by atoms with Crippen LogP contribution in [0, 0.1) is 6.92 Å². The first-order valence-corrected chi connectivity index (χ1v) is 4.09. The summed E-state index contributed by atoms with van der Waals surface area (Å²) in [6, 6.07) is 7.12. The van der Waals surface area contributed by atoms with Gasteiger partial charge in [-0.3, -0.25) is 0 Å². The Morgan fingerprint density at radius 2 is 1.92 bits per heavy atom. The molecule has 2 nitrogen and oxygen atoms in total. The normalized spacial score (nSPS) is 11.3. The van der Waals surface area contributed by atoms with E-state index in [1.165, 1.54) is 0 Å². The summed E-state index contributed by atoms with van der Waals surface area (Å²) in [5.74, 6) is 0.463. The highest BCUT2D eigenvalue weighted by atomic mass is 35.5. The van der Waals surface area contributed by atoms with Crippen LogP contribution in [0.1, 0.15) is 5.56 Å². The predicted octanol–water partition coefficient (Wildman–Crippen LogP) is 2.46. The third-order valence-electron chi connectivity index (χ3n) is 1.33. The second-order valence-corrected chi connectivity index (χ2v) is 3.57. The monoisotopic (exact) mass is 206 g/mol. The van der Waals surface area contributed by atoms with Gasteiger partial charge in [-0.05, 0) is 41.8 Å². The summed E-state index contributed by atoms with van der Waals surface area (Å²) >= 11 is 10.5. The fourth-order valence-electron chi connectivity index (χ4n) is 0.803. The van der Waals surface area contributed by atoms with Gasteiger partial charge in [-0.2, -0.15) is 0 Å². The summed E-state index contributed by atoms with van der Waals surface area (Å²) in [6.45, 7) is 1.83. The Morgan fingerprint density at radius 1 is 1.33 bits per heavy atom. The number of benzene rings is 1. The van der Waals surface area contributed by atoms with Crippen LogP contribution >= 0.6 is 23.2 Å². The second kappa shape index (κ2) is 3.52. The lowest BCUT2D eigenvalue weighted by molar-refractivity contribution is 0.0137. The number of para-hydroxylation sites is 1. The van der Waals surface area contributed by atoms with Gasteiger partial charge in [0.15, 0.2) is 0 Å². The van der Waals surface area contributed by atoms with Gasteiger partial charge >= 0.3 is 4.71 Å². The summed E-state index contributed by atoms with van der Waals surface area (Å²) in [6.07, 6.45) is 0. The Kier molecular flexibility index (Phi) is 2.83. The maximum absolute atomic E-state index is 8.90. The van der Waals surface area contributed by atoms with E-state index >= 15 is 0 Å². The van der Waals surface area contributed by atoms with E-state index in [9.17, 15) is 0 Å². The van der Waals surface area contributed by atoms with Crippen LogP contribution in [-0.2, 0) is 0 Å². The lowest BCUT2D eigenvalue weighted by Crippen LogP contribution is -2.20. The number of ether oxygens (including phenoxy) is 1. The van der Waals surface area contributed by atoms with Crippen LogP contribution in [0.4, 0.5) is 0 Å². The van der Waals surface area contributed by atoms with Crippen molar-refractivity contribution in [3.8, 4) is 5.75 Å². The predicted molar refractivity (Wildman–Crippen MR) is 48.5 cm³/mol. The van der Waals surface area contributed by atoms with Gasteiger partial charge in [-0.1, -0.05) is 18.2 Å². The number of alkyl halides is 2. The minimum absolute atomic E-state index is 0.463. The van der Waals surface area contributed by atoms with Crippen molar-refractivity contribution in [3.05, 3.63) is 29.8 Å². The van der Waals surface area contributed by atoms with Crippen LogP contribution in [0.3, 0.4) is 0 Å². The summed E-state index contributed by atoms with van der Waals surface area (Å²) < 4.78 is 2.66. The van der Waals surface area contributed by atoms with Gasteiger partial charge in [0.25, 0.3) is 0 Å². The number of aryl methyl sites for hydroxylation is 1. The Bertz CT molecular complexity index is 268. The molecule has 4 heteroatoms. The van der Waals surface area contributed by atoms with Crippen molar-refractivity contribution in [1.82, 2.24) is 0 Å². The Morgan fingerprint density at radius 3 is 2.42 bits per heavy atom. The van der Waals surface area contributed by atoms with Crippen molar-refractivity contribution in [2.75, 3.05) is 0 Å². The average Bonchev–Trinajstić information content (AvgIpc) is 1.91. The Labute approximate surface area is 80.7 Å². The number of rotatable bonds is 2. The third-order valence-corrected chi connectivity index (χ3v) is 1.48. The molecule has 0 atom stereocenters. The molecule has 0 aliphatic heterocycles. The highest BCUT2D eigenvalue weighted by molar-refractivity contribution is 6.45. The van der Waals surface area contributed by atoms with Gasteiger partial charge < -0.3 is 9.84 Å². The number of aliphatic hydroxyl groups is 1. The van der Waals surface area contributed by atoms with Gasteiger partial charge in [0.2, 0.25) is 0 Å². The molecular weight excluding hydrogens is 199 g/mol. The zero-order chi connectivity index (χ0) is 9.19. The van der Waals surface area contributed by atoms with Crippen molar-refractivity contribution >= 4 is 23.2 Å². The molecule has 0 fully saturated rings. The minimum Gasteiger partial charge on any atom is -0.436 e. The maximum atomic E-state index is 8.90. The van der Waals surface area contributed by atoms with E-state index in [0.717, 1.165) is 5.56 Å². The average molecular weight is 207 g/mol.